The summed E-state index contributed by atoms with van der Waals surface area (Å²) in [7, 11) is 0. The topological polar surface area (TPSA) is 77.1 Å². The maximum atomic E-state index is 13.2. The number of carbonyl (C=O) groups excluding carboxylic acids is 2. The van der Waals surface area contributed by atoms with Crippen molar-refractivity contribution in [3.63, 3.8) is 0 Å². The number of ether oxygens (including phenoxy) is 3. The Balaban J connectivity index is 1.63. The molecule has 0 saturated carbocycles. The first-order valence-electron chi connectivity index (χ1n) is 10.5. The number of hydrogen-bond donors (Lipinski definition) is 1. The van der Waals surface area contributed by atoms with E-state index in [0.29, 0.717) is 38.5 Å². The minimum atomic E-state index is -0.571. The molecule has 2 aliphatic rings. The molecule has 2 unspecified atom stereocenters. The Morgan fingerprint density at radius 3 is 2.52 bits per heavy atom. The van der Waals surface area contributed by atoms with Crippen LogP contribution in [0.25, 0.3) is 0 Å². The highest BCUT2D eigenvalue weighted by Gasteiger charge is 2.36. The lowest BCUT2D eigenvalue weighted by Gasteiger charge is -2.37. The second kappa shape index (κ2) is 10.1. The van der Waals surface area contributed by atoms with E-state index in [4.69, 9.17) is 14.2 Å². The van der Waals surface area contributed by atoms with Gasteiger partial charge in [0.05, 0.1) is 19.8 Å². The molecule has 2 aliphatic heterocycles. The number of nitrogens with one attached hydrogen (secondary N) is 1. The predicted octanol–water partition coefficient (Wildman–Crippen LogP) is 2.45. The summed E-state index contributed by atoms with van der Waals surface area (Å²) >= 11 is 0. The average molecular weight is 405 g/mol. The van der Waals surface area contributed by atoms with Crippen LogP contribution in [0.3, 0.4) is 0 Å². The van der Waals surface area contributed by atoms with Crippen molar-refractivity contribution in [1.29, 1.82) is 0 Å². The van der Waals surface area contributed by atoms with Crippen LogP contribution in [-0.4, -0.2) is 62.0 Å². The first-order valence-corrected chi connectivity index (χ1v) is 10.5. The van der Waals surface area contributed by atoms with Gasteiger partial charge >= 0.3 is 0 Å². The zero-order chi connectivity index (χ0) is 20.8. The van der Waals surface area contributed by atoms with Gasteiger partial charge in [0, 0.05) is 24.6 Å². The highest BCUT2D eigenvalue weighted by Crippen LogP contribution is 2.26. The standard InChI is InChI=1S/C22H32N2O5/c1-4-27-18-9-7-16(8-10-18)20(25)23-19(15(2)3)21(26)24-11-5-6-17(14-24)22-28-12-13-29-22/h7-10,15,17,19,22H,4-6,11-14H2,1-3H3,(H,23,25). The van der Waals surface area contributed by atoms with E-state index in [2.05, 4.69) is 5.32 Å². The van der Waals surface area contributed by atoms with E-state index in [1.165, 1.54) is 0 Å². The highest BCUT2D eigenvalue weighted by molar-refractivity contribution is 5.97. The first kappa shape index (κ1) is 21.6. The van der Waals surface area contributed by atoms with Crippen molar-refractivity contribution in [2.45, 2.75) is 45.9 Å². The molecule has 2 amide bonds. The van der Waals surface area contributed by atoms with E-state index in [1.54, 1.807) is 24.3 Å². The number of amides is 2. The van der Waals surface area contributed by atoms with Crippen LogP contribution >= 0.6 is 0 Å². The lowest BCUT2D eigenvalue weighted by molar-refractivity contribution is -0.142. The van der Waals surface area contributed by atoms with E-state index < -0.39 is 6.04 Å². The molecule has 1 aromatic carbocycles. The van der Waals surface area contributed by atoms with Gasteiger partial charge in [0.15, 0.2) is 6.29 Å². The molecule has 29 heavy (non-hydrogen) atoms. The fourth-order valence-electron chi connectivity index (χ4n) is 3.89. The van der Waals surface area contributed by atoms with Gasteiger partial charge < -0.3 is 24.4 Å². The summed E-state index contributed by atoms with van der Waals surface area (Å²) in [4.78, 5) is 27.8. The normalized spacial score (nSPS) is 21.2. The molecule has 2 heterocycles. The van der Waals surface area contributed by atoms with Gasteiger partial charge in [-0.15, -0.1) is 0 Å². The lowest BCUT2D eigenvalue weighted by atomic mass is 9.95. The van der Waals surface area contributed by atoms with Gasteiger partial charge in [0.2, 0.25) is 5.91 Å². The molecule has 0 aromatic heterocycles. The number of hydrogen-bond acceptors (Lipinski definition) is 5. The second-order valence-corrected chi connectivity index (χ2v) is 7.95. The third-order valence-electron chi connectivity index (χ3n) is 5.45. The van der Waals surface area contributed by atoms with Crippen LogP contribution in [0.15, 0.2) is 24.3 Å². The zero-order valence-electron chi connectivity index (χ0n) is 17.6. The maximum Gasteiger partial charge on any atom is 0.251 e. The number of nitrogens with zero attached hydrogens (tertiary/aromatic N) is 1. The molecule has 7 heteroatoms. The van der Waals surface area contributed by atoms with Gasteiger partial charge in [-0.25, -0.2) is 0 Å². The Morgan fingerprint density at radius 2 is 1.90 bits per heavy atom. The van der Waals surface area contributed by atoms with Crippen molar-refractivity contribution in [1.82, 2.24) is 10.2 Å². The van der Waals surface area contributed by atoms with Crippen molar-refractivity contribution in [3.8, 4) is 5.75 Å². The number of piperidine rings is 1. The second-order valence-electron chi connectivity index (χ2n) is 7.95. The molecule has 0 bridgehead atoms. The zero-order valence-corrected chi connectivity index (χ0v) is 17.6. The maximum absolute atomic E-state index is 13.2. The molecule has 2 saturated heterocycles. The number of rotatable bonds is 7. The fraction of sp³-hybridized carbons (Fsp3) is 0.636. The molecule has 0 spiro atoms. The molecular weight excluding hydrogens is 372 g/mol. The molecule has 0 aliphatic carbocycles. The molecule has 1 aromatic rings. The summed E-state index contributed by atoms with van der Waals surface area (Å²) in [5.74, 6) is 0.590. The molecular formula is C22H32N2O5. The summed E-state index contributed by atoms with van der Waals surface area (Å²) in [5, 5.41) is 2.93. The summed E-state index contributed by atoms with van der Waals surface area (Å²) < 4.78 is 16.7. The third kappa shape index (κ3) is 5.48. The fourth-order valence-corrected chi connectivity index (χ4v) is 3.89. The van der Waals surface area contributed by atoms with Crippen LogP contribution in [-0.2, 0) is 14.3 Å². The van der Waals surface area contributed by atoms with Crippen LogP contribution in [0.5, 0.6) is 5.75 Å². The summed E-state index contributed by atoms with van der Waals surface area (Å²) in [6, 6.07) is 6.39. The van der Waals surface area contributed by atoms with E-state index in [1.807, 2.05) is 25.7 Å². The van der Waals surface area contributed by atoms with Crippen LogP contribution < -0.4 is 10.1 Å². The van der Waals surface area contributed by atoms with E-state index in [0.717, 1.165) is 18.6 Å². The molecule has 1 N–H and O–H groups in total. The molecule has 7 nitrogen and oxygen atoms in total. The van der Waals surface area contributed by atoms with E-state index in [9.17, 15) is 9.59 Å². The highest BCUT2D eigenvalue weighted by atomic mass is 16.7. The van der Waals surface area contributed by atoms with Gasteiger partial charge in [0.1, 0.15) is 11.8 Å². The Bertz CT molecular complexity index is 685. The molecule has 3 rings (SSSR count). The van der Waals surface area contributed by atoms with Gasteiger partial charge in [-0.1, -0.05) is 13.8 Å². The van der Waals surface area contributed by atoms with Crippen molar-refractivity contribution < 1.29 is 23.8 Å². The van der Waals surface area contributed by atoms with Gasteiger partial charge in [-0.3, -0.25) is 9.59 Å². The lowest BCUT2D eigenvalue weighted by Crippen LogP contribution is -2.54. The SMILES string of the molecule is CCOc1ccc(C(=O)NC(C(=O)N2CCCC(C3OCCO3)C2)C(C)C)cc1. The summed E-state index contributed by atoms with van der Waals surface area (Å²) in [6.45, 7) is 8.91. The Morgan fingerprint density at radius 1 is 1.21 bits per heavy atom. The van der Waals surface area contributed by atoms with Crippen molar-refractivity contribution in [2.75, 3.05) is 32.9 Å². The number of benzene rings is 1. The monoisotopic (exact) mass is 404 g/mol. The molecule has 160 valence electrons. The third-order valence-corrected chi connectivity index (χ3v) is 5.45. The minimum absolute atomic E-state index is 0.0199. The van der Waals surface area contributed by atoms with Crippen molar-refractivity contribution in [3.05, 3.63) is 29.8 Å². The molecule has 0 radical (unpaired) electrons. The Kier molecular flexibility index (Phi) is 7.50. The van der Waals surface area contributed by atoms with Gasteiger partial charge in [-0.05, 0) is 49.9 Å². The van der Waals surface area contributed by atoms with Crippen molar-refractivity contribution in [2.24, 2.45) is 11.8 Å². The van der Waals surface area contributed by atoms with E-state index >= 15 is 0 Å². The van der Waals surface area contributed by atoms with Crippen LogP contribution in [0.2, 0.25) is 0 Å². The summed E-state index contributed by atoms with van der Waals surface area (Å²) in [6.07, 6.45) is 1.68. The van der Waals surface area contributed by atoms with Crippen LogP contribution in [0.4, 0.5) is 0 Å². The number of carbonyl (C=O) groups is 2. The van der Waals surface area contributed by atoms with E-state index in [-0.39, 0.29) is 29.9 Å². The van der Waals surface area contributed by atoms with Gasteiger partial charge in [0.25, 0.3) is 5.91 Å². The number of likely N-dealkylation sites (tertiary alicyclic amines) is 1. The Labute approximate surface area is 172 Å². The largest absolute Gasteiger partial charge is 0.494 e. The van der Waals surface area contributed by atoms with Crippen LogP contribution in [0, 0.1) is 11.8 Å². The predicted molar refractivity (Wildman–Crippen MR) is 109 cm³/mol. The first-order chi connectivity index (χ1) is 14.0. The minimum Gasteiger partial charge on any atom is -0.494 e. The van der Waals surface area contributed by atoms with Crippen molar-refractivity contribution >= 4 is 11.8 Å². The Hall–Kier alpha value is -2.12. The van der Waals surface area contributed by atoms with Gasteiger partial charge in [-0.2, -0.15) is 0 Å². The molecule has 2 fully saturated rings. The average Bonchev–Trinajstić information content (AvgIpc) is 3.27. The quantitative estimate of drug-likeness (QED) is 0.755. The summed E-state index contributed by atoms with van der Waals surface area (Å²) in [5.41, 5.74) is 0.510. The smallest absolute Gasteiger partial charge is 0.251 e. The van der Waals surface area contributed by atoms with Crippen LogP contribution in [0.1, 0.15) is 44.0 Å². The molecule has 2 atom stereocenters.